The molecule has 0 amide bonds. The molecule has 33 heavy (non-hydrogen) atoms. The first-order valence-electron chi connectivity index (χ1n) is 10.9. The summed E-state index contributed by atoms with van der Waals surface area (Å²) >= 11 is 6.51. The minimum atomic E-state index is -4.39. The van der Waals surface area contributed by atoms with Gasteiger partial charge >= 0.3 is 6.18 Å². The second kappa shape index (κ2) is 8.23. The smallest absolute Gasteiger partial charge is 0.364 e. The summed E-state index contributed by atoms with van der Waals surface area (Å²) in [5.74, 6) is 0.757. The van der Waals surface area contributed by atoms with E-state index in [0.29, 0.717) is 34.2 Å². The Morgan fingerprint density at radius 3 is 2.70 bits per heavy atom. The molecule has 172 valence electrons. The molecular weight excluding hydrogens is 453 g/mol. The predicted molar refractivity (Wildman–Crippen MR) is 120 cm³/mol. The number of nitriles is 1. The number of hydrogen-bond donors (Lipinski definition) is 0. The van der Waals surface area contributed by atoms with Crippen LogP contribution >= 0.6 is 11.6 Å². The lowest BCUT2D eigenvalue weighted by Gasteiger charge is -2.31. The number of anilines is 2. The Hall–Kier alpha value is -2.76. The lowest BCUT2D eigenvalue weighted by molar-refractivity contribution is -0.188. The van der Waals surface area contributed by atoms with Crippen molar-refractivity contribution >= 4 is 34.3 Å². The minimum absolute atomic E-state index is 0.0586. The van der Waals surface area contributed by atoms with Crippen molar-refractivity contribution in [3.63, 3.8) is 0 Å². The van der Waals surface area contributed by atoms with Crippen molar-refractivity contribution in [3.8, 4) is 6.07 Å². The van der Waals surface area contributed by atoms with Crippen LogP contribution < -0.4 is 4.90 Å². The van der Waals surface area contributed by atoms with Gasteiger partial charge in [0.1, 0.15) is 12.1 Å². The molecule has 1 aromatic heterocycles. The number of aryl methyl sites for hydroxylation is 2. The number of aromatic nitrogens is 2. The molecule has 0 saturated heterocycles. The molecule has 5 nitrogen and oxygen atoms in total. The van der Waals surface area contributed by atoms with E-state index in [2.05, 4.69) is 11.0 Å². The highest BCUT2D eigenvalue weighted by molar-refractivity contribution is 6.35. The Labute approximate surface area is 194 Å². The Morgan fingerprint density at radius 2 is 2.03 bits per heavy atom. The molecule has 0 spiro atoms. The molecule has 0 bridgehead atoms. The fraction of sp³-hybridized carbons (Fsp3) is 0.417. The van der Waals surface area contributed by atoms with Crippen molar-refractivity contribution in [1.29, 1.82) is 5.26 Å². The normalized spacial score (nSPS) is 17.2. The molecule has 1 atom stereocenters. The highest BCUT2D eigenvalue weighted by atomic mass is 35.5. The molecule has 3 aromatic rings. The van der Waals surface area contributed by atoms with Crippen molar-refractivity contribution in [2.24, 2.45) is 5.92 Å². The summed E-state index contributed by atoms with van der Waals surface area (Å²) in [7, 11) is 0. The van der Waals surface area contributed by atoms with E-state index >= 15 is 0 Å². The average Bonchev–Trinajstić information content (AvgIpc) is 3.53. The third kappa shape index (κ3) is 4.16. The van der Waals surface area contributed by atoms with Crippen LogP contribution in [0.2, 0.25) is 5.02 Å². The summed E-state index contributed by atoms with van der Waals surface area (Å²) in [6, 6.07) is 11.2. The highest BCUT2D eigenvalue weighted by Crippen LogP contribution is 2.47. The van der Waals surface area contributed by atoms with Crippen LogP contribution in [-0.4, -0.2) is 28.9 Å². The summed E-state index contributed by atoms with van der Waals surface area (Å²) in [5.41, 5.74) is 4.50. The lowest BCUT2D eigenvalue weighted by Crippen LogP contribution is -2.29. The summed E-state index contributed by atoms with van der Waals surface area (Å²) in [5, 5.41) is 9.65. The van der Waals surface area contributed by atoms with Gasteiger partial charge in [0, 0.05) is 24.3 Å². The zero-order chi connectivity index (χ0) is 23.3. The van der Waals surface area contributed by atoms with Gasteiger partial charge in [-0.25, -0.2) is 4.98 Å². The maximum atomic E-state index is 12.9. The van der Waals surface area contributed by atoms with E-state index < -0.39 is 18.9 Å². The van der Waals surface area contributed by atoms with Crippen LogP contribution in [0.3, 0.4) is 0 Å². The first-order valence-corrected chi connectivity index (χ1v) is 11.3. The van der Waals surface area contributed by atoms with Gasteiger partial charge in [-0.1, -0.05) is 17.7 Å². The average molecular weight is 475 g/mol. The Morgan fingerprint density at radius 1 is 1.24 bits per heavy atom. The topological polar surface area (TPSA) is 54.1 Å². The third-order valence-electron chi connectivity index (χ3n) is 6.26. The Kier molecular flexibility index (Phi) is 5.50. The van der Waals surface area contributed by atoms with E-state index in [0.717, 1.165) is 42.6 Å². The van der Waals surface area contributed by atoms with Gasteiger partial charge in [0.05, 0.1) is 28.3 Å². The molecular formula is C24H22ClF3N4O. The van der Waals surface area contributed by atoms with Crippen LogP contribution in [0.5, 0.6) is 0 Å². The second-order valence-electron chi connectivity index (χ2n) is 8.70. The molecule has 0 radical (unpaired) electrons. The number of halogens is 4. The number of ether oxygens (including phenoxy) is 1. The monoisotopic (exact) mass is 474 g/mol. The van der Waals surface area contributed by atoms with Crippen LogP contribution in [-0.2, 0) is 11.3 Å². The van der Waals surface area contributed by atoms with Crippen LogP contribution in [0.1, 0.15) is 42.1 Å². The van der Waals surface area contributed by atoms with Gasteiger partial charge in [0.15, 0.2) is 0 Å². The molecule has 1 aliphatic heterocycles. The van der Waals surface area contributed by atoms with Crippen molar-refractivity contribution in [2.45, 2.75) is 45.0 Å². The van der Waals surface area contributed by atoms with Crippen molar-refractivity contribution < 1.29 is 17.9 Å². The number of imidazole rings is 1. The fourth-order valence-electron chi connectivity index (χ4n) is 4.67. The zero-order valence-corrected chi connectivity index (χ0v) is 18.7. The van der Waals surface area contributed by atoms with Crippen molar-refractivity contribution in [3.05, 3.63) is 52.0 Å². The first kappa shape index (κ1) is 22.1. The fourth-order valence-corrected chi connectivity index (χ4v) is 4.87. The van der Waals surface area contributed by atoms with E-state index in [-0.39, 0.29) is 5.92 Å². The summed E-state index contributed by atoms with van der Waals surface area (Å²) in [6.45, 7) is 2.08. The van der Waals surface area contributed by atoms with Crippen LogP contribution in [0, 0.1) is 24.2 Å². The van der Waals surface area contributed by atoms with E-state index in [4.69, 9.17) is 21.3 Å². The van der Waals surface area contributed by atoms with Gasteiger partial charge in [-0.15, -0.1) is 0 Å². The SMILES string of the molecule is Cc1cc(C#N)ccc1N1CCCn2c1nc1c(Cl)ccc(C(OCC(F)(F)F)C3CC3)c12. The molecule has 2 aromatic carbocycles. The van der Waals surface area contributed by atoms with Crippen molar-refractivity contribution in [1.82, 2.24) is 9.55 Å². The number of benzene rings is 2. The van der Waals surface area contributed by atoms with Crippen molar-refractivity contribution in [2.75, 3.05) is 18.1 Å². The second-order valence-corrected chi connectivity index (χ2v) is 9.11. The van der Waals surface area contributed by atoms with E-state index in [9.17, 15) is 18.4 Å². The largest absolute Gasteiger partial charge is 0.411 e. The summed E-state index contributed by atoms with van der Waals surface area (Å²) < 4.78 is 46.3. The number of rotatable bonds is 5. The van der Waals surface area contributed by atoms with E-state index in [1.807, 2.05) is 23.6 Å². The van der Waals surface area contributed by atoms with E-state index in [1.165, 1.54) is 0 Å². The number of hydrogen-bond acceptors (Lipinski definition) is 4. The molecule has 2 aliphatic rings. The molecule has 1 saturated carbocycles. The molecule has 1 fully saturated rings. The third-order valence-corrected chi connectivity index (χ3v) is 6.57. The maximum Gasteiger partial charge on any atom is 0.411 e. The number of nitrogens with zero attached hydrogens (tertiary/aromatic N) is 4. The summed E-state index contributed by atoms with van der Waals surface area (Å²) in [6.07, 6.45) is -2.53. The van der Waals surface area contributed by atoms with Gasteiger partial charge in [-0.05, 0) is 61.9 Å². The zero-order valence-electron chi connectivity index (χ0n) is 18.0. The standard InChI is InChI=1S/C24H22ClF3N4O/c1-14-11-15(12-29)3-8-19(14)31-9-2-10-32-21-17(6-7-18(25)20(21)30-23(31)32)22(16-4-5-16)33-13-24(26,27)28/h3,6-8,11,16,22H,2,4-5,9-10,13H2,1H3. The van der Waals surface area contributed by atoms with E-state index in [1.54, 1.807) is 18.2 Å². The quantitative estimate of drug-likeness (QED) is 0.427. The molecule has 2 heterocycles. The number of alkyl halides is 3. The van der Waals surface area contributed by atoms with Crippen LogP contribution in [0.25, 0.3) is 11.0 Å². The van der Waals surface area contributed by atoms with Gasteiger partial charge in [-0.3, -0.25) is 0 Å². The predicted octanol–water partition coefficient (Wildman–Crippen LogP) is 6.44. The molecule has 1 unspecified atom stereocenters. The Bertz CT molecular complexity index is 1260. The molecule has 5 rings (SSSR count). The number of fused-ring (bicyclic) bond motifs is 3. The highest BCUT2D eigenvalue weighted by Gasteiger charge is 2.39. The van der Waals surface area contributed by atoms with Gasteiger partial charge in [0.25, 0.3) is 0 Å². The maximum absolute atomic E-state index is 12.9. The van der Waals surface area contributed by atoms with Gasteiger partial charge in [0.2, 0.25) is 5.95 Å². The molecule has 0 N–H and O–H groups in total. The molecule has 9 heteroatoms. The van der Waals surface area contributed by atoms with Crippen LogP contribution in [0.15, 0.2) is 30.3 Å². The first-order chi connectivity index (χ1) is 15.8. The Balaban J connectivity index is 1.62. The van der Waals surface area contributed by atoms with Gasteiger partial charge in [-0.2, -0.15) is 18.4 Å². The molecule has 1 aliphatic carbocycles. The minimum Gasteiger partial charge on any atom is -0.364 e. The van der Waals surface area contributed by atoms with Gasteiger partial charge < -0.3 is 14.2 Å². The van der Waals surface area contributed by atoms with Crippen LogP contribution in [0.4, 0.5) is 24.8 Å². The summed E-state index contributed by atoms with van der Waals surface area (Å²) in [4.78, 5) is 6.93. The lowest BCUT2D eigenvalue weighted by atomic mass is 10.0.